The maximum atomic E-state index is 9.51. The topological polar surface area (TPSA) is 53.9 Å². The second kappa shape index (κ2) is 4.43. The lowest BCUT2D eigenvalue weighted by Gasteiger charge is -2.12. The molecule has 1 aliphatic rings. The molecule has 0 saturated heterocycles. The molecule has 0 aliphatic carbocycles. The number of nitrogens with zero attached hydrogens (tertiary/aromatic N) is 1. The standard InChI is InChI=1S/C12H16N2O2/c1-8-9(2)11(4-3-10(8)15)16-7-12-13-5-6-14-12/h3-4,15H,5-7H2,1-2H3,(H,13,14). The number of hydrogen-bond donors (Lipinski definition) is 2. The van der Waals surface area contributed by atoms with Crippen LogP contribution in [0.5, 0.6) is 11.5 Å². The van der Waals surface area contributed by atoms with Crippen molar-refractivity contribution in [1.29, 1.82) is 0 Å². The number of aromatic hydroxyl groups is 1. The van der Waals surface area contributed by atoms with Crippen molar-refractivity contribution in [3.05, 3.63) is 23.3 Å². The first kappa shape index (κ1) is 10.8. The van der Waals surface area contributed by atoms with Gasteiger partial charge in [0.2, 0.25) is 0 Å². The zero-order valence-electron chi connectivity index (χ0n) is 9.58. The van der Waals surface area contributed by atoms with E-state index in [1.807, 2.05) is 13.8 Å². The second-order valence-corrected chi connectivity index (χ2v) is 3.88. The van der Waals surface area contributed by atoms with Crippen molar-refractivity contribution in [2.45, 2.75) is 13.8 Å². The molecule has 0 amide bonds. The molecule has 86 valence electrons. The Labute approximate surface area is 95.0 Å². The zero-order valence-corrected chi connectivity index (χ0v) is 9.58. The highest BCUT2D eigenvalue weighted by Gasteiger charge is 2.09. The fraction of sp³-hybridized carbons (Fsp3) is 0.417. The van der Waals surface area contributed by atoms with Gasteiger partial charge in [-0.2, -0.15) is 0 Å². The number of amidine groups is 1. The Morgan fingerprint density at radius 1 is 1.38 bits per heavy atom. The molecule has 1 aliphatic heterocycles. The van der Waals surface area contributed by atoms with Gasteiger partial charge in [0, 0.05) is 6.54 Å². The third-order valence-corrected chi connectivity index (χ3v) is 2.82. The van der Waals surface area contributed by atoms with E-state index in [4.69, 9.17) is 4.74 Å². The molecule has 0 bridgehead atoms. The summed E-state index contributed by atoms with van der Waals surface area (Å²) in [6.45, 7) is 6.00. The Kier molecular flexibility index (Phi) is 2.99. The SMILES string of the molecule is Cc1c(O)ccc(OCC2=NCCN2)c1C. The first-order valence-corrected chi connectivity index (χ1v) is 5.37. The summed E-state index contributed by atoms with van der Waals surface area (Å²) < 4.78 is 5.65. The van der Waals surface area contributed by atoms with E-state index in [0.29, 0.717) is 12.4 Å². The van der Waals surface area contributed by atoms with Crippen LogP contribution in [0.15, 0.2) is 17.1 Å². The lowest BCUT2D eigenvalue weighted by Crippen LogP contribution is -2.25. The first-order valence-electron chi connectivity index (χ1n) is 5.37. The van der Waals surface area contributed by atoms with Gasteiger partial charge in [-0.1, -0.05) is 0 Å². The lowest BCUT2D eigenvalue weighted by molar-refractivity contribution is 0.369. The molecule has 0 aromatic heterocycles. The summed E-state index contributed by atoms with van der Waals surface area (Å²) in [5.74, 6) is 2.00. The summed E-state index contributed by atoms with van der Waals surface area (Å²) in [6, 6.07) is 3.44. The van der Waals surface area contributed by atoms with Crippen molar-refractivity contribution in [1.82, 2.24) is 5.32 Å². The number of hydrogen-bond acceptors (Lipinski definition) is 4. The van der Waals surface area contributed by atoms with Gasteiger partial charge < -0.3 is 15.2 Å². The van der Waals surface area contributed by atoms with Gasteiger partial charge in [0.25, 0.3) is 0 Å². The molecule has 0 radical (unpaired) electrons. The monoisotopic (exact) mass is 220 g/mol. The molecule has 4 nitrogen and oxygen atoms in total. The van der Waals surface area contributed by atoms with Gasteiger partial charge >= 0.3 is 0 Å². The maximum Gasteiger partial charge on any atom is 0.145 e. The number of benzene rings is 1. The summed E-state index contributed by atoms with van der Waals surface area (Å²) >= 11 is 0. The minimum atomic E-state index is 0.307. The van der Waals surface area contributed by atoms with E-state index >= 15 is 0 Å². The fourth-order valence-electron chi connectivity index (χ4n) is 1.63. The molecule has 1 aromatic carbocycles. The van der Waals surface area contributed by atoms with Gasteiger partial charge in [0.15, 0.2) is 0 Å². The highest BCUT2D eigenvalue weighted by Crippen LogP contribution is 2.27. The molecule has 0 unspecified atom stereocenters. The average molecular weight is 220 g/mol. The van der Waals surface area contributed by atoms with E-state index < -0.39 is 0 Å². The second-order valence-electron chi connectivity index (χ2n) is 3.88. The van der Waals surface area contributed by atoms with Crippen LogP contribution in [0.25, 0.3) is 0 Å². The van der Waals surface area contributed by atoms with Gasteiger partial charge in [0.1, 0.15) is 23.9 Å². The molecule has 0 fully saturated rings. The van der Waals surface area contributed by atoms with Crippen LogP contribution in [-0.4, -0.2) is 30.6 Å². The molecule has 4 heteroatoms. The smallest absolute Gasteiger partial charge is 0.145 e. The van der Waals surface area contributed by atoms with Crippen LogP contribution in [-0.2, 0) is 0 Å². The molecule has 1 aromatic rings. The van der Waals surface area contributed by atoms with Gasteiger partial charge in [-0.25, -0.2) is 0 Å². The minimum Gasteiger partial charge on any atom is -0.508 e. The Morgan fingerprint density at radius 2 is 2.19 bits per heavy atom. The Balaban J connectivity index is 2.07. The highest BCUT2D eigenvalue weighted by atomic mass is 16.5. The van der Waals surface area contributed by atoms with Crippen LogP contribution in [0.4, 0.5) is 0 Å². The quantitative estimate of drug-likeness (QED) is 0.809. The largest absolute Gasteiger partial charge is 0.508 e. The molecule has 0 atom stereocenters. The third kappa shape index (κ3) is 2.10. The van der Waals surface area contributed by atoms with E-state index in [0.717, 1.165) is 35.8 Å². The lowest BCUT2D eigenvalue weighted by atomic mass is 10.1. The average Bonchev–Trinajstić information content (AvgIpc) is 2.78. The molecule has 2 rings (SSSR count). The van der Waals surface area contributed by atoms with Gasteiger partial charge in [-0.05, 0) is 37.1 Å². The number of nitrogens with one attached hydrogen (secondary N) is 1. The van der Waals surface area contributed by atoms with Crippen LogP contribution in [0.3, 0.4) is 0 Å². The summed E-state index contributed by atoms with van der Waals surface area (Å²) in [5, 5.41) is 12.7. The minimum absolute atomic E-state index is 0.307. The first-order chi connectivity index (χ1) is 7.68. The van der Waals surface area contributed by atoms with Crippen LogP contribution in [0.1, 0.15) is 11.1 Å². The van der Waals surface area contributed by atoms with E-state index in [9.17, 15) is 5.11 Å². The van der Waals surface area contributed by atoms with Crippen LogP contribution >= 0.6 is 0 Å². The predicted octanol–water partition coefficient (Wildman–Crippen LogP) is 1.39. The van der Waals surface area contributed by atoms with Gasteiger partial charge in [0.05, 0.1) is 6.54 Å². The predicted molar refractivity (Wildman–Crippen MR) is 63.4 cm³/mol. The zero-order chi connectivity index (χ0) is 11.5. The van der Waals surface area contributed by atoms with Crippen LogP contribution in [0, 0.1) is 13.8 Å². The fourth-order valence-corrected chi connectivity index (χ4v) is 1.63. The van der Waals surface area contributed by atoms with Crippen molar-refractivity contribution in [2.24, 2.45) is 4.99 Å². The maximum absolute atomic E-state index is 9.51. The van der Waals surface area contributed by atoms with Crippen LogP contribution < -0.4 is 10.1 Å². The summed E-state index contributed by atoms with van der Waals surface area (Å²) in [6.07, 6.45) is 0. The molecule has 16 heavy (non-hydrogen) atoms. The highest BCUT2D eigenvalue weighted by molar-refractivity contribution is 5.85. The molecule has 0 spiro atoms. The summed E-state index contributed by atoms with van der Waals surface area (Å²) in [4.78, 5) is 4.25. The number of rotatable bonds is 3. The number of aliphatic imine (C=N–C) groups is 1. The summed E-state index contributed by atoms with van der Waals surface area (Å²) in [5.41, 5.74) is 1.83. The van der Waals surface area contributed by atoms with Crippen molar-refractivity contribution in [3.63, 3.8) is 0 Å². The Hall–Kier alpha value is -1.71. The van der Waals surface area contributed by atoms with Crippen molar-refractivity contribution in [2.75, 3.05) is 19.7 Å². The number of ether oxygens (including phenoxy) is 1. The molecule has 1 heterocycles. The van der Waals surface area contributed by atoms with Gasteiger partial charge in [-0.15, -0.1) is 0 Å². The van der Waals surface area contributed by atoms with Crippen LogP contribution in [0.2, 0.25) is 0 Å². The Morgan fingerprint density at radius 3 is 2.88 bits per heavy atom. The third-order valence-electron chi connectivity index (χ3n) is 2.82. The van der Waals surface area contributed by atoms with E-state index in [-0.39, 0.29) is 0 Å². The molecular weight excluding hydrogens is 204 g/mol. The number of phenolic OH excluding ortho intramolecular Hbond substituents is 1. The normalized spacial score (nSPS) is 14.5. The summed E-state index contributed by atoms with van der Waals surface area (Å²) in [7, 11) is 0. The van der Waals surface area contributed by atoms with E-state index in [1.54, 1.807) is 12.1 Å². The van der Waals surface area contributed by atoms with Gasteiger partial charge in [-0.3, -0.25) is 4.99 Å². The molecular formula is C12H16N2O2. The number of phenols is 1. The Bertz CT molecular complexity index is 427. The van der Waals surface area contributed by atoms with Crippen molar-refractivity contribution in [3.8, 4) is 11.5 Å². The van der Waals surface area contributed by atoms with Crippen molar-refractivity contribution < 1.29 is 9.84 Å². The molecule has 2 N–H and O–H groups in total. The van der Waals surface area contributed by atoms with E-state index in [1.165, 1.54) is 0 Å². The molecule has 0 saturated carbocycles. The van der Waals surface area contributed by atoms with E-state index in [2.05, 4.69) is 10.3 Å². The van der Waals surface area contributed by atoms with Crippen molar-refractivity contribution >= 4 is 5.84 Å².